The lowest BCUT2D eigenvalue weighted by molar-refractivity contribution is -0.138. The maximum atomic E-state index is 13.2. The molecule has 1 fully saturated rings. The van der Waals surface area contributed by atoms with Crippen molar-refractivity contribution in [1.29, 1.82) is 0 Å². The summed E-state index contributed by atoms with van der Waals surface area (Å²) in [6, 6.07) is 9.86. The van der Waals surface area contributed by atoms with Gasteiger partial charge in [-0.05, 0) is 54.1 Å². The van der Waals surface area contributed by atoms with E-state index in [0.717, 1.165) is 29.8 Å². The normalized spacial score (nSPS) is 23.4. The van der Waals surface area contributed by atoms with Gasteiger partial charge in [0.2, 0.25) is 0 Å². The molecule has 2 aromatic carbocycles. The van der Waals surface area contributed by atoms with Crippen LogP contribution < -0.4 is 0 Å². The molecule has 0 aromatic heterocycles. The van der Waals surface area contributed by atoms with Crippen molar-refractivity contribution in [3.63, 3.8) is 0 Å². The van der Waals surface area contributed by atoms with Crippen LogP contribution in [0.1, 0.15) is 28.3 Å². The lowest BCUT2D eigenvalue weighted by atomic mass is 9.83. The molecule has 4 rings (SSSR count). The molecule has 1 saturated heterocycles. The summed E-state index contributed by atoms with van der Waals surface area (Å²) in [4.78, 5) is 2.00. The largest absolute Gasteiger partial charge is 0.416 e. The zero-order valence-electron chi connectivity index (χ0n) is 17.4. The molecule has 2 atom stereocenters. The van der Waals surface area contributed by atoms with Crippen molar-refractivity contribution >= 4 is 11.8 Å². The fourth-order valence-corrected chi connectivity index (χ4v) is 4.45. The predicted molar refractivity (Wildman–Crippen MR) is 110 cm³/mol. The standard InChI is InChI=1S/C23H21F6N3/c1-31-12-16(9-14-5-3-7-17(10-14)22(24,25)26)20-19(13-31)21(32(2)30-20)15-6-4-8-18(11-15)23(27,28)29/h3-11,19,21H,12-13H2,1-2H3/b16-9+. The third kappa shape index (κ3) is 4.39. The molecule has 32 heavy (non-hydrogen) atoms. The van der Waals surface area contributed by atoms with E-state index in [1.807, 2.05) is 11.9 Å². The van der Waals surface area contributed by atoms with Crippen molar-refractivity contribution in [1.82, 2.24) is 9.91 Å². The van der Waals surface area contributed by atoms with Crippen LogP contribution in [-0.4, -0.2) is 42.8 Å². The second-order valence-electron chi connectivity index (χ2n) is 8.22. The van der Waals surface area contributed by atoms with Gasteiger partial charge in [0.25, 0.3) is 0 Å². The fraction of sp³-hybridized carbons (Fsp3) is 0.348. The first-order chi connectivity index (χ1) is 14.9. The molecule has 3 nitrogen and oxygen atoms in total. The van der Waals surface area contributed by atoms with Gasteiger partial charge in [-0.25, -0.2) is 0 Å². The fourth-order valence-electron chi connectivity index (χ4n) is 4.45. The minimum atomic E-state index is -4.45. The van der Waals surface area contributed by atoms with Crippen molar-refractivity contribution in [2.24, 2.45) is 11.0 Å². The van der Waals surface area contributed by atoms with Gasteiger partial charge in [0.05, 0.1) is 22.9 Å². The first kappa shape index (κ1) is 22.4. The van der Waals surface area contributed by atoms with Gasteiger partial charge < -0.3 is 4.90 Å². The van der Waals surface area contributed by atoms with Crippen LogP contribution in [0.4, 0.5) is 26.3 Å². The number of hydrogen-bond donors (Lipinski definition) is 0. The number of nitrogens with zero attached hydrogens (tertiary/aromatic N) is 3. The molecule has 0 radical (unpaired) electrons. The van der Waals surface area contributed by atoms with Gasteiger partial charge in [-0.15, -0.1) is 0 Å². The summed E-state index contributed by atoms with van der Waals surface area (Å²) in [7, 11) is 3.58. The molecule has 0 N–H and O–H groups in total. The summed E-state index contributed by atoms with van der Waals surface area (Å²) in [5, 5.41) is 6.24. The number of benzene rings is 2. The van der Waals surface area contributed by atoms with Gasteiger partial charge >= 0.3 is 12.4 Å². The Labute approximate surface area is 181 Å². The third-order valence-electron chi connectivity index (χ3n) is 5.79. The van der Waals surface area contributed by atoms with E-state index in [9.17, 15) is 26.3 Å². The average molecular weight is 453 g/mol. The number of hydrogen-bond acceptors (Lipinski definition) is 3. The molecule has 2 heterocycles. The van der Waals surface area contributed by atoms with Gasteiger partial charge in [-0.1, -0.05) is 24.3 Å². The topological polar surface area (TPSA) is 18.8 Å². The van der Waals surface area contributed by atoms with Crippen molar-refractivity contribution in [2.75, 3.05) is 27.2 Å². The van der Waals surface area contributed by atoms with Crippen LogP contribution in [0.2, 0.25) is 0 Å². The summed E-state index contributed by atoms with van der Waals surface area (Å²) in [5.74, 6) is -0.209. The van der Waals surface area contributed by atoms with Gasteiger partial charge in [-0.3, -0.25) is 5.01 Å². The van der Waals surface area contributed by atoms with Crippen LogP contribution in [0, 0.1) is 5.92 Å². The van der Waals surface area contributed by atoms with Crippen molar-refractivity contribution in [2.45, 2.75) is 18.4 Å². The number of fused-ring (bicyclic) bond motifs is 1. The highest BCUT2D eigenvalue weighted by Crippen LogP contribution is 2.41. The van der Waals surface area contributed by atoms with E-state index in [1.165, 1.54) is 12.1 Å². The van der Waals surface area contributed by atoms with Gasteiger partial charge in [-0.2, -0.15) is 31.4 Å². The Hall–Kier alpha value is -2.81. The van der Waals surface area contributed by atoms with E-state index in [1.54, 1.807) is 30.3 Å². The highest BCUT2D eigenvalue weighted by atomic mass is 19.4. The zero-order chi connectivity index (χ0) is 23.3. The number of piperidine rings is 1. The summed E-state index contributed by atoms with van der Waals surface area (Å²) in [5.41, 5.74) is 0.895. The molecule has 2 aliphatic rings. The molecule has 0 bridgehead atoms. The number of likely N-dealkylation sites (N-methyl/N-ethyl adjacent to an activating group) is 1. The van der Waals surface area contributed by atoms with Crippen LogP contribution >= 0.6 is 0 Å². The Morgan fingerprint density at radius 2 is 1.53 bits per heavy atom. The number of rotatable bonds is 2. The van der Waals surface area contributed by atoms with Crippen molar-refractivity contribution in [3.8, 4) is 0 Å². The third-order valence-corrected chi connectivity index (χ3v) is 5.79. The number of hydrazone groups is 1. The van der Waals surface area contributed by atoms with E-state index in [2.05, 4.69) is 5.10 Å². The number of halogens is 6. The molecule has 2 aromatic rings. The van der Waals surface area contributed by atoms with E-state index in [-0.39, 0.29) is 5.92 Å². The van der Waals surface area contributed by atoms with Gasteiger partial charge in [0, 0.05) is 26.1 Å². The second kappa shape index (κ2) is 7.95. The van der Waals surface area contributed by atoms with Gasteiger partial charge in [0.15, 0.2) is 0 Å². The van der Waals surface area contributed by atoms with Crippen LogP contribution in [-0.2, 0) is 12.4 Å². The van der Waals surface area contributed by atoms with Crippen LogP contribution in [0.3, 0.4) is 0 Å². The zero-order valence-corrected chi connectivity index (χ0v) is 17.4. The molecule has 0 saturated carbocycles. The summed E-state index contributed by atoms with van der Waals surface area (Å²) >= 11 is 0. The highest BCUT2D eigenvalue weighted by Gasteiger charge is 2.42. The molecule has 0 amide bonds. The Morgan fingerprint density at radius 1 is 0.906 bits per heavy atom. The second-order valence-corrected chi connectivity index (χ2v) is 8.22. The summed E-state index contributed by atoms with van der Waals surface area (Å²) < 4.78 is 79.0. The average Bonchev–Trinajstić information content (AvgIpc) is 3.03. The number of alkyl halides is 6. The first-order valence-corrected chi connectivity index (χ1v) is 9.99. The molecule has 9 heteroatoms. The molecule has 2 unspecified atom stereocenters. The Kier molecular flexibility index (Phi) is 5.56. The maximum Gasteiger partial charge on any atom is 0.416 e. The van der Waals surface area contributed by atoms with Crippen LogP contribution in [0.15, 0.2) is 59.2 Å². The minimum Gasteiger partial charge on any atom is -0.301 e. The van der Waals surface area contributed by atoms with E-state index in [4.69, 9.17) is 0 Å². The summed E-state index contributed by atoms with van der Waals surface area (Å²) in [6.45, 7) is 1.05. The lowest BCUT2D eigenvalue weighted by Crippen LogP contribution is -2.41. The van der Waals surface area contributed by atoms with Crippen LogP contribution in [0.5, 0.6) is 0 Å². The molecule has 170 valence electrons. The molecular formula is C23H21F6N3. The predicted octanol–water partition coefficient (Wildman–Crippen LogP) is 5.71. The minimum absolute atomic E-state index is 0.209. The molecule has 0 spiro atoms. The first-order valence-electron chi connectivity index (χ1n) is 9.99. The molecule has 0 aliphatic carbocycles. The smallest absolute Gasteiger partial charge is 0.301 e. The lowest BCUT2D eigenvalue weighted by Gasteiger charge is -2.34. The van der Waals surface area contributed by atoms with E-state index in [0.29, 0.717) is 29.9 Å². The monoisotopic (exact) mass is 453 g/mol. The van der Waals surface area contributed by atoms with Crippen LogP contribution in [0.25, 0.3) is 6.08 Å². The van der Waals surface area contributed by atoms with Crippen molar-refractivity contribution in [3.05, 3.63) is 76.4 Å². The van der Waals surface area contributed by atoms with Crippen molar-refractivity contribution < 1.29 is 26.3 Å². The summed E-state index contributed by atoms with van der Waals surface area (Å²) in [6.07, 6.45) is -7.21. The molecular weight excluding hydrogens is 432 g/mol. The maximum absolute atomic E-state index is 13.2. The molecule has 2 aliphatic heterocycles. The SMILES string of the molecule is CN1C/C(=C\c2cccc(C(F)(F)F)c2)C2=NN(C)C(c3cccc(C(F)(F)F)c3)C2C1. The van der Waals surface area contributed by atoms with E-state index < -0.39 is 29.5 Å². The Morgan fingerprint density at radius 3 is 2.19 bits per heavy atom. The van der Waals surface area contributed by atoms with Gasteiger partial charge in [0.1, 0.15) is 0 Å². The van der Waals surface area contributed by atoms with E-state index >= 15 is 0 Å². The Bertz CT molecular complexity index is 1070. The quantitative estimate of drug-likeness (QED) is 0.543. The number of likely N-dealkylation sites (tertiary alicyclic amines) is 1. The Balaban J connectivity index is 1.69. The highest BCUT2D eigenvalue weighted by molar-refractivity contribution is 6.07.